The first-order valence-corrected chi connectivity index (χ1v) is 15.1. The summed E-state index contributed by atoms with van der Waals surface area (Å²) in [6.45, 7) is -1.31. The molecule has 3 unspecified atom stereocenters. The van der Waals surface area contributed by atoms with Crippen LogP contribution < -0.4 is 27.4 Å². The zero-order valence-corrected chi connectivity index (χ0v) is 23.4. The van der Waals surface area contributed by atoms with Crippen molar-refractivity contribution in [1.29, 1.82) is 0 Å². The van der Waals surface area contributed by atoms with Crippen molar-refractivity contribution in [2.24, 2.45) is 0 Å². The highest BCUT2D eigenvalue weighted by molar-refractivity contribution is 7.57. The molecule has 0 amide bonds. The average Bonchev–Trinajstić information content (AvgIpc) is 3.36. The van der Waals surface area contributed by atoms with Crippen molar-refractivity contribution in [3.05, 3.63) is 66.2 Å². The number of hydrogen-bond acceptors (Lipinski definition) is 16. The second-order valence-corrected chi connectivity index (χ2v) is 12.1. The van der Waals surface area contributed by atoms with Crippen molar-refractivity contribution in [3.63, 3.8) is 0 Å². The Balaban J connectivity index is 1.21. The number of aliphatic hydroxyl groups is 4. The second kappa shape index (κ2) is 13.7. The van der Waals surface area contributed by atoms with Crippen LogP contribution in [0.25, 0.3) is 0 Å². The first kappa shape index (κ1) is 32.2. The maximum atomic E-state index is 12.1. The van der Waals surface area contributed by atoms with E-state index in [2.05, 4.69) is 4.31 Å². The molecule has 0 radical (unpaired) electrons. The van der Waals surface area contributed by atoms with Crippen molar-refractivity contribution >= 4 is 24.6 Å². The molecule has 21 nitrogen and oxygen atoms in total. The van der Waals surface area contributed by atoms with Crippen LogP contribution in [-0.4, -0.2) is 89.4 Å². The molecule has 2 aliphatic heterocycles. The molecule has 0 saturated carbocycles. The van der Waals surface area contributed by atoms with E-state index in [1.54, 1.807) is 0 Å². The molecule has 0 aliphatic carbocycles. The van der Waals surface area contributed by atoms with E-state index in [1.165, 1.54) is 0 Å². The van der Waals surface area contributed by atoms with Crippen molar-refractivity contribution in [2.75, 3.05) is 13.2 Å². The predicted molar refractivity (Wildman–Crippen MR) is 133 cm³/mol. The van der Waals surface area contributed by atoms with Crippen molar-refractivity contribution < 1.29 is 57.0 Å². The summed E-state index contributed by atoms with van der Waals surface area (Å²) in [7, 11) is -9.29. The number of nitrogens with zero attached hydrogens (tertiary/aromatic N) is 2. The summed E-state index contributed by atoms with van der Waals surface area (Å²) in [6.07, 6.45) is -9.93. The van der Waals surface area contributed by atoms with Crippen LogP contribution in [0.4, 0.5) is 0 Å². The van der Waals surface area contributed by atoms with Gasteiger partial charge in [0.25, 0.3) is 11.1 Å². The Morgan fingerprint density at radius 1 is 0.738 bits per heavy atom. The topological polar surface area (TPSA) is 300 Å². The highest BCUT2D eigenvalue weighted by Gasteiger charge is 2.50. The summed E-state index contributed by atoms with van der Waals surface area (Å²) < 4.78 is 62.7. The first-order valence-electron chi connectivity index (χ1n) is 11.6. The van der Waals surface area contributed by atoms with Gasteiger partial charge in [-0.3, -0.25) is 28.7 Å². The van der Waals surface area contributed by atoms with E-state index in [4.69, 9.17) is 18.5 Å². The van der Waals surface area contributed by atoms with Gasteiger partial charge in [0.05, 0.1) is 0 Å². The van der Waals surface area contributed by atoms with Crippen molar-refractivity contribution in [1.82, 2.24) is 24.0 Å². The number of ether oxygens (including phenoxy) is 2. The van der Waals surface area contributed by atoms with E-state index in [0.717, 1.165) is 33.7 Å². The van der Waals surface area contributed by atoms with E-state index in [1.807, 2.05) is 14.8 Å². The van der Waals surface area contributed by atoms with Crippen LogP contribution in [0.3, 0.4) is 0 Å². The number of rotatable bonds is 12. The van der Waals surface area contributed by atoms with Gasteiger partial charge in [-0.15, -0.1) is 9.05 Å². The molecule has 2 aliphatic rings. The van der Waals surface area contributed by atoms with E-state index < -0.39 is 109 Å². The van der Waals surface area contributed by atoms with Gasteiger partial charge in [-0.2, -0.15) is 0 Å². The Bertz CT molecular complexity index is 1460. The normalized spacial score (nSPS) is 30.3. The Morgan fingerprint density at radius 3 is 1.64 bits per heavy atom. The molecular weight excluding hydrogens is 635 g/mol. The summed E-state index contributed by atoms with van der Waals surface area (Å²) in [6, 6.07) is 1.97. The number of aromatic nitrogens is 4. The minimum absolute atomic E-state index is 0.639. The zero-order chi connectivity index (χ0) is 30.7. The van der Waals surface area contributed by atoms with Gasteiger partial charge < -0.3 is 29.9 Å². The third-order valence-corrected chi connectivity index (χ3v) is 9.11. The van der Waals surface area contributed by atoms with Crippen LogP contribution in [0, 0.1) is 0 Å². The minimum Gasteiger partial charge on any atom is -0.387 e. The van der Waals surface area contributed by atoms with Gasteiger partial charge in [-0.1, -0.05) is 0 Å². The maximum Gasteiger partial charge on any atom is 0.747 e. The molecule has 4 rings (SSSR count). The molecule has 2 saturated heterocycles. The molecule has 4 heterocycles. The smallest absolute Gasteiger partial charge is 0.387 e. The Hall–Kier alpha value is -2.74. The number of H-pyrrole nitrogens is 2. The van der Waals surface area contributed by atoms with E-state index in [9.17, 15) is 53.3 Å². The zero-order valence-electron chi connectivity index (χ0n) is 20.8. The van der Waals surface area contributed by atoms with Crippen LogP contribution in [0.1, 0.15) is 12.5 Å². The maximum absolute atomic E-state index is 12.1. The van der Waals surface area contributed by atoms with Gasteiger partial charge in [-0.25, -0.2) is 9.59 Å². The van der Waals surface area contributed by atoms with Gasteiger partial charge in [0, 0.05) is 33.7 Å². The molecule has 228 valence electrons. The number of hydrogen-bond donors (Lipinski definition) is 7. The Kier molecular flexibility index (Phi) is 10.5. The molecule has 2 aromatic rings. The fraction of sp³-hybridized carbons (Fsp3) is 0.556. The summed E-state index contributed by atoms with van der Waals surface area (Å²) in [4.78, 5) is 52.0. The third kappa shape index (κ3) is 7.42. The lowest BCUT2D eigenvalue weighted by atomic mass is 10.1. The van der Waals surface area contributed by atoms with Gasteiger partial charge in [0.1, 0.15) is 49.8 Å². The largest absolute Gasteiger partial charge is 0.747 e. The highest BCUT2D eigenvalue weighted by Crippen LogP contribution is 2.42. The first-order chi connectivity index (χ1) is 19.8. The van der Waals surface area contributed by atoms with Crippen LogP contribution in [0.15, 0.2) is 43.7 Å². The molecule has 2 fully saturated rings. The summed E-state index contributed by atoms with van der Waals surface area (Å²) in [5.74, 6) is 0. The molecule has 0 bridgehead atoms. The molecule has 42 heavy (non-hydrogen) atoms. The van der Waals surface area contributed by atoms with Crippen molar-refractivity contribution in [2.45, 2.75) is 49.1 Å². The van der Waals surface area contributed by atoms with Gasteiger partial charge in [-0.05, 0) is 4.57 Å². The van der Waals surface area contributed by atoms with Crippen LogP contribution in [0.5, 0.6) is 0 Å². The van der Waals surface area contributed by atoms with Crippen LogP contribution >= 0.6 is 24.6 Å². The lowest BCUT2D eigenvalue weighted by molar-refractivity contribution is -0.0516. The standard InChI is InChI=1S/C18H21N5O16P3/c24-9-1-3-22(17(30)19-9)15-13(28)11(26)7(37-15)5-35-40(32)21-41(33)39-42(34)36-6-8-12(27)14(29)16(38-8)23-4-2-10(25)20-18(23)31/h1-4,7-8,11-16,26-29H,5-6H2,(H-2,19,20,21,24,25,30,31,32,33)/q+1/p+2/t7-,8+,11-,12+,13-,14+,15-,16+/m1/s1. The van der Waals surface area contributed by atoms with Gasteiger partial charge >= 0.3 is 36.0 Å². The molecule has 0 aromatic carbocycles. The lowest BCUT2D eigenvalue weighted by Gasteiger charge is -2.16. The summed E-state index contributed by atoms with van der Waals surface area (Å²) in [5, 5.41) is 40.7. The molecular formula is C18H23N5O16P3+3. The fourth-order valence-electron chi connectivity index (χ4n) is 3.92. The average molecular weight is 658 g/mol. The summed E-state index contributed by atoms with van der Waals surface area (Å²) in [5.41, 5.74) is -3.25. The second-order valence-electron chi connectivity index (χ2n) is 8.64. The van der Waals surface area contributed by atoms with Crippen LogP contribution in [-0.2, 0) is 36.5 Å². The van der Waals surface area contributed by atoms with Gasteiger partial charge in [0.15, 0.2) is 21.6 Å². The van der Waals surface area contributed by atoms with Crippen molar-refractivity contribution in [3.8, 4) is 0 Å². The molecule has 0 spiro atoms. The number of aliphatic hydroxyl groups excluding tert-OH is 4. The molecule has 2 aromatic heterocycles. The van der Waals surface area contributed by atoms with E-state index >= 15 is 0 Å². The SMILES string of the molecule is O=c1ccn([C@@H]2O[C@H](CO[P+](=O)N[P+](=O)O[P+](=O)OC[C@@H]3O[C@H](n4ccc(=O)[nH]c4=O)[C@@H](O)[C@H]3O)[C@@H](O)[C@H]2O)c(=O)[nH]1. The molecule has 24 heteroatoms. The molecule has 11 atom stereocenters. The minimum atomic E-state index is -3.17. The number of aromatic amines is 2. The monoisotopic (exact) mass is 658 g/mol. The molecule has 7 N–H and O–H groups in total. The van der Waals surface area contributed by atoms with Gasteiger partial charge in [0.2, 0.25) is 0 Å². The quantitative estimate of drug-likeness (QED) is 0.111. The Morgan fingerprint density at radius 2 is 1.19 bits per heavy atom. The fourth-order valence-corrected chi connectivity index (χ4v) is 6.39. The van der Waals surface area contributed by atoms with Crippen LogP contribution in [0.2, 0.25) is 0 Å². The Labute approximate surface area is 234 Å². The predicted octanol–water partition coefficient (Wildman–Crippen LogP) is -3.06. The highest BCUT2D eigenvalue weighted by atomic mass is 31.2. The number of nitrogens with one attached hydrogen (secondary N) is 3. The lowest BCUT2D eigenvalue weighted by Crippen LogP contribution is -2.37. The summed E-state index contributed by atoms with van der Waals surface area (Å²) >= 11 is 0. The third-order valence-electron chi connectivity index (χ3n) is 5.93. The van der Waals surface area contributed by atoms with E-state index in [0.29, 0.717) is 0 Å². The van der Waals surface area contributed by atoms with E-state index in [-0.39, 0.29) is 0 Å².